The van der Waals surface area contributed by atoms with Gasteiger partial charge < -0.3 is 15.5 Å². The molecule has 1 aromatic rings. The summed E-state index contributed by atoms with van der Waals surface area (Å²) in [5.41, 5.74) is 1.52. The highest BCUT2D eigenvalue weighted by Crippen LogP contribution is 2.37. The monoisotopic (exact) mass is 193 g/mol. The number of rotatable bonds is 1. The number of benzene rings is 1. The largest absolute Gasteiger partial charge is 0.507 e. The van der Waals surface area contributed by atoms with Gasteiger partial charge in [0.25, 0.3) is 0 Å². The van der Waals surface area contributed by atoms with Gasteiger partial charge in [-0.15, -0.1) is 0 Å². The van der Waals surface area contributed by atoms with Crippen LogP contribution in [0.2, 0.25) is 0 Å². The van der Waals surface area contributed by atoms with Gasteiger partial charge in [0, 0.05) is 6.04 Å². The smallest absolute Gasteiger partial charge is 0.124 e. The van der Waals surface area contributed by atoms with Crippen molar-refractivity contribution in [1.29, 1.82) is 0 Å². The molecule has 1 unspecified atom stereocenters. The molecule has 0 amide bonds. The van der Waals surface area contributed by atoms with Gasteiger partial charge in [0.2, 0.25) is 0 Å². The summed E-state index contributed by atoms with van der Waals surface area (Å²) in [6, 6.07) is 3.49. The van der Waals surface area contributed by atoms with Crippen molar-refractivity contribution in [2.45, 2.75) is 25.8 Å². The van der Waals surface area contributed by atoms with Gasteiger partial charge in [0.05, 0.1) is 5.56 Å². The zero-order chi connectivity index (χ0) is 10.1. The molecule has 3 N–H and O–H groups in total. The van der Waals surface area contributed by atoms with Gasteiger partial charge in [0.15, 0.2) is 0 Å². The fourth-order valence-corrected chi connectivity index (χ4v) is 2.05. The molecule has 1 heterocycles. The Kier molecular flexibility index (Phi) is 2.33. The highest BCUT2D eigenvalue weighted by atomic mass is 16.3. The minimum Gasteiger partial charge on any atom is -0.507 e. The fourth-order valence-electron chi connectivity index (χ4n) is 2.05. The normalized spacial score (nSPS) is 21.4. The van der Waals surface area contributed by atoms with Crippen LogP contribution in [0, 0.1) is 6.92 Å². The molecule has 0 bridgehead atoms. The number of nitrogens with one attached hydrogen (secondary N) is 1. The predicted octanol–water partition coefficient (Wildman–Crippen LogP) is 1.83. The third kappa shape index (κ3) is 1.55. The van der Waals surface area contributed by atoms with E-state index in [0.29, 0.717) is 5.56 Å². The minimum absolute atomic E-state index is 0.107. The molecule has 1 atom stereocenters. The molecule has 0 saturated carbocycles. The summed E-state index contributed by atoms with van der Waals surface area (Å²) in [7, 11) is 0. The van der Waals surface area contributed by atoms with Crippen molar-refractivity contribution in [2.24, 2.45) is 0 Å². The highest BCUT2D eigenvalue weighted by Gasteiger charge is 2.22. The van der Waals surface area contributed by atoms with Gasteiger partial charge in [-0.25, -0.2) is 0 Å². The number of aromatic hydroxyl groups is 2. The van der Waals surface area contributed by atoms with E-state index in [1.165, 1.54) is 0 Å². The molecule has 1 aromatic carbocycles. The summed E-state index contributed by atoms with van der Waals surface area (Å²) in [6.07, 6.45) is 2.07. The van der Waals surface area contributed by atoms with Crippen molar-refractivity contribution in [1.82, 2.24) is 5.32 Å². The number of hydrogen-bond acceptors (Lipinski definition) is 3. The average Bonchev–Trinajstić information content (AvgIpc) is 2.54. The van der Waals surface area contributed by atoms with Crippen LogP contribution in [-0.4, -0.2) is 16.8 Å². The maximum Gasteiger partial charge on any atom is 0.124 e. The maximum atomic E-state index is 9.73. The highest BCUT2D eigenvalue weighted by molar-refractivity contribution is 5.48. The summed E-state index contributed by atoms with van der Waals surface area (Å²) in [6.45, 7) is 2.81. The van der Waals surface area contributed by atoms with Crippen LogP contribution < -0.4 is 5.32 Å². The number of hydrogen-bond donors (Lipinski definition) is 3. The number of aryl methyl sites for hydroxylation is 1. The van der Waals surface area contributed by atoms with Crippen LogP contribution >= 0.6 is 0 Å². The Labute approximate surface area is 83.4 Å². The van der Waals surface area contributed by atoms with Gasteiger partial charge in [-0.1, -0.05) is 0 Å². The van der Waals surface area contributed by atoms with Crippen molar-refractivity contribution >= 4 is 0 Å². The molecule has 3 heteroatoms. The van der Waals surface area contributed by atoms with Crippen molar-refractivity contribution in [3.05, 3.63) is 23.3 Å². The van der Waals surface area contributed by atoms with Gasteiger partial charge in [0.1, 0.15) is 11.5 Å². The Morgan fingerprint density at radius 1 is 1.29 bits per heavy atom. The van der Waals surface area contributed by atoms with Crippen LogP contribution in [0.5, 0.6) is 11.5 Å². The van der Waals surface area contributed by atoms with E-state index in [9.17, 15) is 10.2 Å². The molecule has 1 aliphatic rings. The molecule has 0 aliphatic carbocycles. The Balaban J connectivity index is 2.40. The summed E-state index contributed by atoms with van der Waals surface area (Å²) in [4.78, 5) is 0. The first-order chi connectivity index (χ1) is 6.68. The molecule has 1 saturated heterocycles. The van der Waals surface area contributed by atoms with E-state index in [2.05, 4.69) is 5.32 Å². The second-order valence-electron chi connectivity index (χ2n) is 3.87. The van der Waals surface area contributed by atoms with Crippen molar-refractivity contribution in [2.75, 3.05) is 6.54 Å². The molecular formula is C11H15NO2. The zero-order valence-electron chi connectivity index (χ0n) is 8.25. The van der Waals surface area contributed by atoms with Gasteiger partial charge >= 0.3 is 0 Å². The van der Waals surface area contributed by atoms with Gasteiger partial charge in [-0.3, -0.25) is 0 Å². The van der Waals surface area contributed by atoms with Crippen molar-refractivity contribution in [3.63, 3.8) is 0 Å². The molecule has 1 aliphatic heterocycles. The SMILES string of the molecule is Cc1cc(O)c(C2CCCN2)c(O)c1. The third-order valence-corrected chi connectivity index (χ3v) is 2.69. The summed E-state index contributed by atoms with van der Waals surface area (Å²) < 4.78 is 0. The quantitative estimate of drug-likeness (QED) is 0.637. The van der Waals surface area contributed by atoms with E-state index < -0.39 is 0 Å². The summed E-state index contributed by atoms with van der Waals surface area (Å²) in [5.74, 6) is 0.392. The van der Waals surface area contributed by atoms with E-state index in [1.54, 1.807) is 12.1 Å². The molecule has 0 spiro atoms. The van der Waals surface area contributed by atoms with E-state index in [4.69, 9.17) is 0 Å². The first-order valence-electron chi connectivity index (χ1n) is 4.94. The second-order valence-corrected chi connectivity index (χ2v) is 3.87. The molecule has 0 radical (unpaired) electrons. The average molecular weight is 193 g/mol. The third-order valence-electron chi connectivity index (χ3n) is 2.69. The second kappa shape index (κ2) is 3.50. The first-order valence-corrected chi connectivity index (χ1v) is 4.94. The van der Waals surface area contributed by atoms with E-state index in [1.807, 2.05) is 6.92 Å². The lowest BCUT2D eigenvalue weighted by Gasteiger charge is -2.14. The van der Waals surface area contributed by atoms with Crippen LogP contribution in [-0.2, 0) is 0 Å². The lowest BCUT2D eigenvalue weighted by Crippen LogP contribution is -2.13. The maximum absolute atomic E-state index is 9.73. The number of phenolic OH excluding ortho intramolecular Hbond substituents is 2. The van der Waals surface area contributed by atoms with Gasteiger partial charge in [-0.05, 0) is 44.0 Å². The molecule has 3 nitrogen and oxygen atoms in total. The molecular weight excluding hydrogens is 178 g/mol. The fraction of sp³-hybridized carbons (Fsp3) is 0.455. The van der Waals surface area contributed by atoms with E-state index >= 15 is 0 Å². The lowest BCUT2D eigenvalue weighted by molar-refractivity contribution is 0.422. The molecule has 1 fully saturated rings. The van der Waals surface area contributed by atoms with Crippen LogP contribution in [0.25, 0.3) is 0 Å². The van der Waals surface area contributed by atoms with Crippen molar-refractivity contribution < 1.29 is 10.2 Å². The molecule has 76 valence electrons. The van der Waals surface area contributed by atoms with Gasteiger partial charge in [-0.2, -0.15) is 0 Å². The minimum atomic E-state index is 0.107. The molecule has 14 heavy (non-hydrogen) atoms. The van der Waals surface area contributed by atoms with Crippen LogP contribution in [0.4, 0.5) is 0 Å². The van der Waals surface area contributed by atoms with E-state index in [-0.39, 0.29) is 17.5 Å². The zero-order valence-corrected chi connectivity index (χ0v) is 8.25. The number of phenols is 2. The standard InChI is InChI=1S/C11H15NO2/c1-7-5-9(13)11(10(14)6-7)8-3-2-4-12-8/h5-6,8,12-14H,2-4H2,1H3. The summed E-state index contributed by atoms with van der Waals surface area (Å²) in [5, 5.41) is 22.7. The Morgan fingerprint density at radius 3 is 2.43 bits per heavy atom. The Morgan fingerprint density at radius 2 is 1.93 bits per heavy atom. The topological polar surface area (TPSA) is 52.5 Å². The molecule has 0 aromatic heterocycles. The van der Waals surface area contributed by atoms with E-state index in [0.717, 1.165) is 24.9 Å². The Bertz CT molecular complexity index is 320. The molecule has 2 rings (SSSR count). The lowest BCUT2D eigenvalue weighted by atomic mass is 10.0. The van der Waals surface area contributed by atoms with Crippen molar-refractivity contribution in [3.8, 4) is 11.5 Å². The Hall–Kier alpha value is -1.22. The first kappa shape index (κ1) is 9.34. The predicted molar refractivity (Wildman–Crippen MR) is 54.5 cm³/mol. The summed E-state index contributed by atoms with van der Waals surface area (Å²) >= 11 is 0. The van der Waals surface area contributed by atoms with Crippen LogP contribution in [0.15, 0.2) is 12.1 Å². The van der Waals surface area contributed by atoms with Crippen LogP contribution in [0.3, 0.4) is 0 Å². The van der Waals surface area contributed by atoms with Crippen LogP contribution in [0.1, 0.15) is 30.0 Å².